The lowest BCUT2D eigenvalue weighted by Crippen LogP contribution is -2.35. The lowest BCUT2D eigenvalue weighted by atomic mass is 10.1. The fraction of sp³-hybridized carbons (Fsp3) is 0.222. The Labute approximate surface area is 144 Å². The number of hydrogen-bond donors (Lipinski definition) is 4. The number of carbonyl (C=O) groups excluding carboxylic acids is 1. The van der Waals surface area contributed by atoms with Gasteiger partial charge in [-0.3, -0.25) is 4.79 Å². The summed E-state index contributed by atoms with van der Waals surface area (Å²) in [5.74, 6) is -0.637. The lowest BCUT2D eigenvalue weighted by Gasteiger charge is -2.22. The smallest absolute Gasteiger partial charge is 0.252 e. The number of aromatic nitrogens is 2. The van der Waals surface area contributed by atoms with E-state index in [4.69, 9.17) is 5.73 Å². The van der Waals surface area contributed by atoms with Crippen molar-refractivity contribution in [2.75, 3.05) is 11.9 Å². The van der Waals surface area contributed by atoms with E-state index in [1.165, 1.54) is 6.20 Å². The van der Waals surface area contributed by atoms with E-state index in [9.17, 15) is 15.0 Å². The molecule has 0 saturated heterocycles. The van der Waals surface area contributed by atoms with E-state index in [1.54, 1.807) is 11.4 Å². The Kier molecular flexibility index (Phi) is 4.69. The van der Waals surface area contributed by atoms with Gasteiger partial charge in [0.15, 0.2) is 0 Å². The second-order valence-electron chi connectivity index (χ2n) is 5.90. The van der Waals surface area contributed by atoms with Gasteiger partial charge in [-0.2, -0.15) is 5.10 Å². The molecule has 0 radical (unpaired) electrons. The lowest BCUT2D eigenvalue weighted by molar-refractivity contribution is 0.0999. The minimum absolute atomic E-state index is 0.198. The molecule has 2 atom stereocenters. The van der Waals surface area contributed by atoms with Crippen molar-refractivity contribution in [1.82, 2.24) is 9.61 Å². The third-order valence-electron chi connectivity index (χ3n) is 4.12. The Morgan fingerprint density at radius 1 is 1.32 bits per heavy atom. The molecule has 3 aromatic rings. The summed E-state index contributed by atoms with van der Waals surface area (Å²) in [7, 11) is 0. The summed E-state index contributed by atoms with van der Waals surface area (Å²) in [5, 5.41) is 26.5. The highest BCUT2D eigenvalue weighted by Gasteiger charge is 2.20. The van der Waals surface area contributed by atoms with Crippen LogP contribution in [-0.2, 0) is 0 Å². The number of anilines is 1. The second-order valence-corrected chi connectivity index (χ2v) is 5.90. The summed E-state index contributed by atoms with van der Waals surface area (Å²) in [6.45, 7) is 1.26. The number of hydrogen-bond acceptors (Lipinski definition) is 5. The number of aliphatic hydroxyl groups is 2. The van der Waals surface area contributed by atoms with Crippen molar-refractivity contribution in [1.29, 1.82) is 0 Å². The van der Waals surface area contributed by atoms with Crippen LogP contribution in [0.25, 0.3) is 16.6 Å². The van der Waals surface area contributed by atoms with Crippen molar-refractivity contribution in [2.24, 2.45) is 5.73 Å². The molecule has 130 valence electrons. The number of nitrogens with one attached hydrogen (secondary N) is 1. The normalized spacial score (nSPS) is 13.6. The first-order valence-corrected chi connectivity index (χ1v) is 7.93. The largest absolute Gasteiger partial charge is 0.394 e. The standard InChI is InChI=1S/C18H20N4O3/c1-11(24)15(10-23)21-17-14(18(19)25)8-20-22-9-13(7-16(17)22)12-5-3-2-4-6-12/h2-9,11,15,21,23-24H,10H2,1H3,(H2,19,25)/t11-,15-/m1/s1. The summed E-state index contributed by atoms with van der Waals surface area (Å²) in [6.07, 6.45) is 2.40. The second kappa shape index (κ2) is 6.92. The molecule has 2 heterocycles. The van der Waals surface area contributed by atoms with Gasteiger partial charge < -0.3 is 21.3 Å². The summed E-state index contributed by atoms with van der Waals surface area (Å²) in [5.41, 5.74) is 8.66. The SMILES string of the molecule is C[C@@H](O)[C@@H](CO)Nc1c(C(N)=O)cnn2cc(-c3ccccc3)cc12. The highest BCUT2D eigenvalue weighted by Crippen LogP contribution is 2.29. The van der Waals surface area contributed by atoms with Crippen LogP contribution in [-0.4, -0.2) is 44.5 Å². The fourth-order valence-electron chi connectivity index (χ4n) is 2.69. The van der Waals surface area contributed by atoms with E-state index in [0.717, 1.165) is 11.1 Å². The van der Waals surface area contributed by atoms with E-state index >= 15 is 0 Å². The number of fused-ring (bicyclic) bond motifs is 1. The van der Waals surface area contributed by atoms with Gasteiger partial charge in [0.05, 0.1) is 41.7 Å². The van der Waals surface area contributed by atoms with E-state index in [0.29, 0.717) is 11.2 Å². The molecule has 0 aliphatic rings. The van der Waals surface area contributed by atoms with Crippen LogP contribution in [0.3, 0.4) is 0 Å². The van der Waals surface area contributed by atoms with Gasteiger partial charge in [0.2, 0.25) is 0 Å². The zero-order valence-corrected chi connectivity index (χ0v) is 13.8. The monoisotopic (exact) mass is 340 g/mol. The minimum atomic E-state index is -0.817. The molecule has 0 aliphatic heterocycles. The average molecular weight is 340 g/mol. The van der Waals surface area contributed by atoms with Crippen molar-refractivity contribution >= 4 is 17.1 Å². The summed E-state index contributed by atoms with van der Waals surface area (Å²) < 4.78 is 1.63. The molecule has 2 aromatic heterocycles. The molecule has 7 heteroatoms. The predicted molar refractivity (Wildman–Crippen MR) is 95.3 cm³/mol. The number of aliphatic hydroxyl groups excluding tert-OH is 2. The number of nitrogens with zero attached hydrogens (tertiary/aromatic N) is 2. The fourth-order valence-corrected chi connectivity index (χ4v) is 2.69. The van der Waals surface area contributed by atoms with Crippen LogP contribution in [0.2, 0.25) is 0 Å². The zero-order valence-electron chi connectivity index (χ0n) is 13.8. The first-order valence-electron chi connectivity index (χ1n) is 7.93. The van der Waals surface area contributed by atoms with Crippen molar-refractivity contribution in [3.05, 3.63) is 54.4 Å². The Morgan fingerprint density at radius 3 is 2.64 bits per heavy atom. The summed E-state index contributed by atoms with van der Waals surface area (Å²) in [6, 6.07) is 11.0. The number of amides is 1. The number of primary amides is 1. The molecular weight excluding hydrogens is 320 g/mol. The average Bonchev–Trinajstić information content (AvgIpc) is 3.04. The Balaban J connectivity index is 2.15. The molecule has 0 aliphatic carbocycles. The molecule has 25 heavy (non-hydrogen) atoms. The van der Waals surface area contributed by atoms with Gasteiger partial charge in [-0.1, -0.05) is 30.3 Å². The highest BCUT2D eigenvalue weighted by atomic mass is 16.3. The number of nitrogens with two attached hydrogens (primary N) is 1. The van der Waals surface area contributed by atoms with Crippen LogP contribution in [0.15, 0.2) is 48.8 Å². The van der Waals surface area contributed by atoms with E-state index < -0.39 is 18.1 Å². The maximum Gasteiger partial charge on any atom is 0.252 e. The molecule has 1 aromatic carbocycles. The minimum Gasteiger partial charge on any atom is -0.394 e. The van der Waals surface area contributed by atoms with E-state index in [1.807, 2.05) is 42.6 Å². The van der Waals surface area contributed by atoms with Gasteiger partial charge in [0.25, 0.3) is 5.91 Å². The van der Waals surface area contributed by atoms with Crippen LogP contribution < -0.4 is 11.1 Å². The Hall–Kier alpha value is -2.90. The van der Waals surface area contributed by atoms with Gasteiger partial charge in [0.1, 0.15) is 0 Å². The molecule has 3 rings (SSSR count). The van der Waals surface area contributed by atoms with Crippen molar-refractivity contribution in [2.45, 2.75) is 19.1 Å². The number of benzene rings is 1. The number of rotatable bonds is 6. The number of carbonyl (C=O) groups is 1. The molecule has 0 saturated carbocycles. The van der Waals surface area contributed by atoms with Crippen LogP contribution >= 0.6 is 0 Å². The van der Waals surface area contributed by atoms with Gasteiger partial charge >= 0.3 is 0 Å². The van der Waals surface area contributed by atoms with Gasteiger partial charge in [-0.15, -0.1) is 0 Å². The third-order valence-corrected chi connectivity index (χ3v) is 4.12. The molecule has 7 nitrogen and oxygen atoms in total. The molecule has 1 amide bonds. The Bertz CT molecular complexity index is 890. The van der Waals surface area contributed by atoms with E-state index in [-0.39, 0.29) is 12.2 Å². The topological polar surface area (TPSA) is 113 Å². The third kappa shape index (κ3) is 3.33. The maximum absolute atomic E-state index is 11.8. The van der Waals surface area contributed by atoms with Crippen LogP contribution in [0.4, 0.5) is 5.69 Å². The van der Waals surface area contributed by atoms with Gasteiger partial charge in [-0.05, 0) is 18.6 Å². The summed E-state index contributed by atoms with van der Waals surface area (Å²) in [4.78, 5) is 11.8. The van der Waals surface area contributed by atoms with Crippen LogP contribution in [0.1, 0.15) is 17.3 Å². The molecule has 0 fully saturated rings. The molecule has 0 spiro atoms. The maximum atomic E-state index is 11.8. The first kappa shape index (κ1) is 16.9. The quantitative estimate of drug-likeness (QED) is 0.539. The molecular formula is C18H20N4O3. The molecule has 0 unspecified atom stereocenters. The van der Waals surface area contributed by atoms with Crippen LogP contribution in [0, 0.1) is 0 Å². The van der Waals surface area contributed by atoms with Gasteiger partial charge in [-0.25, -0.2) is 4.52 Å². The molecule has 0 bridgehead atoms. The van der Waals surface area contributed by atoms with Crippen molar-refractivity contribution in [3.63, 3.8) is 0 Å². The summed E-state index contributed by atoms with van der Waals surface area (Å²) >= 11 is 0. The molecule has 5 N–H and O–H groups in total. The van der Waals surface area contributed by atoms with E-state index in [2.05, 4.69) is 10.4 Å². The zero-order chi connectivity index (χ0) is 18.0. The van der Waals surface area contributed by atoms with Gasteiger partial charge in [0, 0.05) is 11.8 Å². The van der Waals surface area contributed by atoms with Crippen molar-refractivity contribution in [3.8, 4) is 11.1 Å². The highest BCUT2D eigenvalue weighted by molar-refractivity contribution is 6.02. The Morgan fingerprint density at radius 2 is 2.04 bits per heavy atom. The predicted octanol–water partition coefficient (Wildman–Crippen LogP) is 1.25. The first-order chi connectivity index (χ1) is 12.0. The van der Waals surface area contributed by atoms with Crippen molar-refractivity contribution < 1.29 is 15.0 Å². The van der Waals surface area contributed by atoms with Crippen LogP contribution in [0.5, 0.6) is 0 Å².